The summed E-state index contributed by atoms with van der Waals surface area (Å²) in [6.07, 6.45) is 1.66. The lowest BCUT2D eigenvalue weighted by Crippen LogP contribution is -2.06. The molecular formula is C24H22N4O3. The predicted molar refractivity (Wildman–Crippen MR) is 119 cm³/mol. The van der Waals surface area contributed by atoms with Crippen LogP contribution in [0.25, 0.3) is 22.4 Å². The van der Waals surface area contributed by atoms with Crippen molar-refractivity contribution in [1.29, 1.82) is 0 Å². The van der Waals surface area contributed by atoms with Crippen molar-refractivity contribution in [2.75, 3.05) is 11.9 Å². The summed E-state index contributed by atoms with van der Waals surface area (Å²) in [6.45, 7) is 3.97. The van der Waals surface area contributed by atoms with Crippen LogP contribution in [0, 0.1) is 6.92 Å². The third kappa shape index (κ3) is 4.25. The Kier molecular flexibility index (Phi) is 5.66. The molecule has 7 heteroatoms. The second-order valence-corrected chi connectivity index (χ2v) is 6.90. The summed E-state index contributed by atoms with van der Waals surface area (Å²) in [4.78, 5) is 24.8. The number of nitrogens with zero attached hydrogens (tertiary/aromatic N) is 2. The van der Waals surface area contributed by atoms with Gasteiger partial charge in [-0.2, -0.15) is 0 Å². The Morgan fingerprint density at radius 3 is 2.52 bits per heavy atom. The van der Waals surface area contributed by atoms with Gasteiger partial charge in [0, 0.05) is 28.7 Å². The average molecular weight is 414 g/mol. The molecule has 0 saturated carbocycles. The van der Waals surface area contributed by atoms with Crippen LogP contribution >= 0.6 is 0 Å². The number of aromatic amines is 1. The van der Waals surface area contributed by atoms with Crippen molar-refractivity contribution < 1.29 is 14.6 Å². The molecule has 2 heterocycles. The zero-order valence-corrected chi connectivity index (χ0v) is 17.2. The van der Waals surface area contributed by atoms with E-state index in [0.717, 1.165) is 28.1 Å². The number of carbonyl (C=O) groups is 1. The Morgan fingerprint density at radius 2 is 1.81 bits per heavy atom. The molecule has 156 valence electrons. The molecule has 0 bridgehead atoms. The molecule has 0 aliphatic carbocycles. The highest BCUT2D eigenvalue weighted by Crippen LogP contribution is 2.37. The molecule has 0 fully saturated rings. The van der Waals surface area contributed by atoms with Gasteiger partial charge in [0.2, 0.25) is 5.95 Å². The summed E-state index contributed by atoms with van der Waals surface area (Å²) in [7, 11) is 0. The summed E-state index contributed by atoms with van der Waals surface area (Å²) >= 11 is 0. The molecule has 0 atom stereocenters. The summed E-state index contributed by atoms with van der Waals surface area (Å²) < 4.78 is 5.27. The molecule has 0 unspecified atom stereocenters. The van der Waals surface area contributed by atoms with Crippen molar-refractivity contribution in [2.45, 2.75) is 13.8 Å². The first-order valence-corrected chi connectivity index (χ1v) is 9.91. The summed E-state index contributed by atoms with van der Waals surface area (Å²) in [5, 5.41) is 12.6. The van der Waals surface area contributed by atoms with Gasteiger partial charge in [0.25, 0.3) is 0 Å². The van der Waals surface area contributed by atoms with E-state index in [4.69, 9.17) is 4.74 Å². The van der Waals surface area contributed by atoms with Gasteiger partial charge in [-0.3, -0.25) is 0 Å². The summed E-state index contributed by atoms with van der Waals surface area (Å²) in [5.41, 5.74) is 5.05. The molecule has 7 nitrogen and oxygen atoms in total. The number of hydrogen-bond donors (Lipinski definition) is 3. The molecule has 2 aromatic carbocycles. The van der Waals surface area contributed by atoms with Gasteiger partial charge in [-0.25, -0.2) is 14.8 Å². The number of H-pyrrole nitrogens is 1. The summed E-state index contributed by atoms with van der Waals surface area (Å²) in [5.74, 6) is 0.176. The number of aryl methyl sites for hydroxylation is 1. The van der Waals surface area contributed by atoms with Crippen LogP contribution in [0.2, 0.25) is 0 Å². The van der Waals surface area contributed by atoms with Crippen LogP contribution in [0.5, 0.6) is 5.75 Å². The smallest absolute Gasteiger partial charge is 0.355 e. The molecule has 4 rings (SSSR count). The minimum Gasteiger partial charge on any atom is -0.508 e. The number of aromatic nitrogens is 3. The topological polar surface area (TPSA) is 100 Å². The predicted octanol–water partition coefficient (Wildman–Crippen LogP) is 5.07. The molecular weight excluding hydrogens is 392 g/mol. The number of esters is 1. The Bertz CT molecular complexity index is 1200. The molecule has 0 radical (unpaired) electrons. The SMILES string of the molecule is CCOC(=O)c1[nH]c(C)c(-c2ccnc(Nc3ccc(O)cc3)n2)c1-c1ccccc1. The summed E-state index contributed by atoms with van der Waals surface area (Å²) in [6, 6.07) is 18.1. The highest BCUT2D eigenvalue weighted by molar-refractivity contribution is 6.01. The van der Waals surface area contributed by atoms with E-state index in [-0.39, 0.29) is 12.4 Å². The monoisotopic (exact) mass is 414 g/mol. The molecule has 3 N–H and O–H groups in total. The van der Waals surface area contributed by atoms with Crippen molar-refractivity contribution in [3.05, 3.63) is 78.2 Å². The molecule has 0 aliphatic rings. The highest BCUT2D eigenvalue weighted by Gasteiger charge is 2.24. The van der Waals surface area contributed by atoms with E-state index >= 15 is 0 Å². The maximum absolute atomic E-state index is 12.7. The second kappa shape index (κ2) is 8.71. The van der Waals surface area contributed by atoms with E-state index in [9.17, 15) is 9.90 Å². The fourth-order valence-corrected chi connectivity index (χ4v) is 3.43. The van der Waals surface area contributed by atoms with Gasteiger partial charge in [-0.15, -0.1) is 0 Å². The highest BCUT2D eigenvalue weighted by atomic mass is 16.5. The normalized spacial score (nSPS) is 10.6. The van der Waals surface area contributed by atoms with Crippen molar-refractivity contribution in [1.82, 2.24) is 15.0 Å². The number of ether oxygens (including phenoxy) is 1. The Balaban J connectivity index is 1.80. The Labute approximate surface area is 179 Å². The van der Waals surface area contributed by atoms with Gasteiger partial charge in [0.15, 0.2) is 0 Å². The third-order valence-corrected chi connectivity index (χ3v) is 4.76. The Hall–Kier alpha value is -4.13. The number of nitrogens with one attached hydrogen (secondary N) is 2. The van der Waals surface area contributed by atoms with Gasteiger partial charge in [0.05, 0.1) is 12.3 Å². The molecule has 0 amide bonds. The minimum atomic E-state index is -0.410. The molecule has 0 aliphatic heterocycles. The number of rotatable bonds is 6. The van der Waals surface area contributed by atoms with E-state index in [1.165, 1.54) is 0 Å². The zero-order chi connectivity index (χ0) is 21.8. The van der Waals surface area contributed by atoms with E-state index in [0.29, 0.717) is 17.3 Å². The van der Waals surface area contributed by atoms with Crippen LogP contribution < -0.4 is 5.32 Å². The van der Waals surface area contributed by atoms with Gasteiger partial charge >= 0.3 is 5.97 Å². The number of anilines is 2. The third-order valence-electron chi connectivity index (χ3n) is 4.76. The van der Waals surface area contributed by atoms with Gasteiger partial charge in [-0.1, -0.05) is 30.3 Å². The molecule has 0 spiro atoms. The maximum atomic E-state index is 12.7. The van der Waals surface area contributed by atoms with Gasteiger partial charge < -0.3 is 20.1 Å². The lowest BCUT2D eigenvalue weighted by molar-refractivity contribution is 0.0521. The Morgan fingerprint density at radius 1 is 1.06 bits per heavy atom. The van der Waals surface area contributed by atoms with E-state index in [1.807, 2.05) is 37.3 Å². The van der Waals surface area contributed by atoms with Crippen molar-refractivity contribution in [2.24, 2.45) is 0 Å². The first-order valence-electron chi connectivity index (χ1n) is 9.91. The molecule has 4 aromatic rings. The molecule has 31 heavy (non-hydrogen) atoms. The maximum Gasteiger partial charge on any atom is 0.355 e. The average Bonchev–Trinajstić information content (AvgIpc) is 3.13. The van der Waals surface area contributed by atoms with Crippen LogP contribution in [-0.4, -0.2) is 32.6 Å². The number of benzene rings is 2. The second-order valence-electron chi connectivity index (χ2n) is 6.90. The number of hydrogen-bond acceptors (Lipinski definition) is 6. The van der Waals surface area contributed by atoms with Crippen LogP contribution in [0.15, 0.2) is 66.9 Å². The van der Waals surface area contributed by atoms with E-state index in [1.54, 1.807) is 43.5 Å². The van der Waals surface area contributed by atoms with Crippen molar-refractivity contribution >= 4 is 17.6 Å². The number of phenols is 1. The van der Waals surface area contributed by atoms with Crippen LogP contribution in [-0.2, 0) is 4.74 Å². The fraction of sp³-hybridized carbons (Fsp3) is 0.125. The van der Waals surface area contributed by atoms with Gasteiger partial charge in [-0.05, 0) is 49.7 Å². The minimum absolute atomic E-state index is 0.183. The number of aromatic hydroxyl groups is 1. The number of phenolic OH excluding ortho intramolecular Hbond substituents is 1. The van der Waals surface area contributed by atoms with Gasteiger partial charge in [0.1, 0.15) is 11.4 Å². The van der Waals surface area contributed by atoms with Crippen molar-refractivity contribution in [3.8, 4) is 28.1 Å². The molecule has 0 saturated heterocycles. The first kappa shape index (κ1) is 20.2. The lowest BCUT2D eigenvalue weighted by Gasteiger charge is -2.10. The number of carbonyl (C=O) groups excluding carboxylic acids is 1. The standard InChI is InChI=1S/C24H22N4O3/c1-3-31-23(30)22-21(16-7-5-4-6-8-16)20(15(2)26-22)19-13-14-25-24(28-19)27-17-9-11-18(29)12-10-17/h4-14,26,29H,3H2,1-2H3,(H,25,27,28). The largest absolute Gasteiger partial charge is 0.508 e. The zero-order valence-electron chi connectivity index (χ0n) is 17.2. The fourth-order valence-electron chi connectivity index (χ4n) is 3.43. The lowest BCUT2D eigenvalue weighted by atomic mass is 9.98. The van der Waals surface area contributed by atoms with Crippen LogP contribution in [0.3, 0.4) is 0 Å². The quantitative estimate of drug-likeness (QED) is 0.301. The first-order chi connectivity index (χ1) is 15.1. The molecule has 2 aromatic heterocycles. The van der Waals surface area contributed by atoms with Crippen LogP contribution in [0.1, 0.15) is 23.1 Å². The van der Waals surface area contributed by atoms with E-state index < -0.39 is 5.97 Å². The van der Waals surface area contributed by atoms with E-state index in [2.05, 4.69) is 20.3 Å². The van der Waals surface area contributed by atoms with Crippen molar-refractivity contribution in [3.63, 3.8) is 0 Å². The van der Waals surface area contributed by atoms with Crippen LogP contribution in [0.4, 0.5) is 11.6 Å².